The molecule has 1 aromatic carbocycles. The summed E-state index contributed by atoms with van der Waals surface area (Å²) in [4.78, 5) is 23.9. The van der Waals surface area contributed by atoms with Crippen LogP contribution in [0, 0.1) is 0 Å². The Hall–Kier alpha value is -1.79. The molecule has 1 rings (SSSR count). The van der Waals surface area contributed by atoms with Crippen LogP contribution >= 0.6 is 12.4 Å². The molecule has 0 spiro atoms. The molecule has 7 heteroatoms. The Morgan fingerprint density at radius 3 is 2.45 bits per heavy atom. The van der Waals surface area contributed by atoms with Gasteiger partial charge in [0, 0.05) is 19.1 Å². The Morgan fingerprint density at radius 1 is 1.14 bits per heavy atom. The number of anilines is 1. The van der Waals surface area contributed by atoms with E-state index in [0.29, 0.717) is 24.3 Å². The lowest BCUT2D eigenvalue weighted by atomic mass is 10.1. The van der Waals surface area contributed by atoms with Crippen LogP contribution in [0.4, 0.5) is 10.5 Å². The molecule has 1 aromatic rings. The number of nitrogens with one attached hydrogen (secondary N) is 4. The van der Waals surface area contributed by atoms with Crippen LogP contribution in [0.15, 0.2) is 24.3 Å². The van der Waals surface area contributed by atoms with Crippen LogP contribution in [0.5, 0.6) is 0 Å². The zero-order valence-corrected chi connectivity index (χ0v) is 14.0. The van der Waals surface area contributed by atoms with E-state index < -0.39 is 0 Å². The lowest BCUT2D eigenvalue weighted by Crippen LogP contribution is -2.35. The standard InChI is InChI=1S/C15H24N4O2.ClH/c1-4-16-9-10-17-14(20)12-7-5-6-8-13(12)19-15(21)18-11(2)3;/h5-8,11,16H,4,9-10H2,1-3H3,(H,17,20)(H2,18,19,21);1H. The summed E-state index contributed by atoms with van der Waals surface area (Å²) in [6.45, 7) is 7.88. The summed E-state index contributed by atoms with van der Waals surface area (Å²) in [5.41, 5.74) is 0.949. The van der Waals surface area contributed by atoms with E-state index in [2.05, 4.69) is 21.3 Å². The van der Waals surface area contributed by atoms with Gasteiger partial charge in [-0.1, -0.05) is 19.1 Å². The van der Waals surface area contributed by atoms with Crippen LogP contribution in [-0.2, 0) is 0 Å². The highest BCUT2D eigenvalue weighted by molar-refractivity contribution is 6.03. The highest BCUT2D eigenvalue weighted by Gasteiger charge is 2.12. The number of halogens is 1. The molecule has 3 amide bonds. The molecule has 22 heavy (non-hydrogen) atoms. The molecule has 0 saturated carbocycles. The summed E-state index contributed by atoms with van der Waals surface area (Å²) < 4.78 is 0. The Bertz CT molecular complexity index is 480. The quantitative estimate of drug-likeness (QED) is 0.578. The van der Waals surface area contributed by atoms with Gasteiger partial charge in [0.25, 0.3) is 5.91 Å². The van der Waals surface area contributed by atoms with Crippen molar-refractivity contribution < 1.29 is 9.59 Å². The number of likely N-dealkylation sites (N-methyl/N-ethyl adjacent to an activating group) is 1. The molecular weight excluding hydrogens is 304 g/mol. The van der Waals surface area contributed by atoms with Crippen molar-refractivity contribution >= 4 is 30.0 Å². The highest BCUT2D eigenvalue weighted by Crippen LogP contribution is 2.14. The van der Waals surface area contributed by atoms with E-state index in [9.17, 15) is 9.59 Å². The van der Waals surface area contributed by atoms with Gasteiger partial charge in [0.2, 0.25) is 0 Å². The van der Waals surface area contributed by atoms with Gasteiger partial charge in [-0.3, -0.25) is 4.79 Å². The molecule has 0 unspecified atom stereocenters. The number of para-hydroxylation sites is 1. The average molecular weight is 329 g/mol. The van der Waals surface area contributed by atoms with Crippen LogP contribution < -0.4 is 21.3 Å². The molecule has 0 bridgehead atoms. The van der Waals surface area contributed by atoms with Crippen molar-refractivity contribution in [3.8, 4) is 0 Å². The number of benzene rings is 1. The largest absolute Gasteiger partial charge is 0.351 e. The topological polar surface area (TPSA) is 82.3 Å². The van der Waals surface area contributed by atoms with E-state index in [4.69, 9.17) is 0 Å². The number of amides is 3. The summed E-state index contributed by atoms with van der Waals surface area (Å²) in [7, 11) is 0. The number of hydrogen-bond donors (Lipinski definition) is 4. The van der Waals surface area contributed by atoms with E-state index in [1.54, 1.807) is 24.3 Å². The Morgan fingerprint density at radius 2 is 1.82 bits per heavy atom. The second-order valence-corrected chi connectivity index (χ2v) is 4.91. The van der Waals surface area contributed by atoms with E-state index in [0.717, 1.165) is 6.54 Å². The van der Waals surface area contributed by atoms with Crippen LogP contribution in [0.3, 0.4) is 0 Å². The van der Waals surface area contributed by atoms with Crippen molar-refractivity contribution in [2.45, 2.75) is 26.8 Å². The van der Waals surface area contributed by atoms with E-state index >= 15 is 0 Å². The summed E-state index contributed by atoms with van der Waals surface area (Å²) in [5.74, 6) is -0.201. The maximum Gasteiger partial charge on any atom is 0.319 e. The Balaban J connectivity index is 0.00000441. The van der Waals surface area contributed by atoms with Crippen LogP contribution in [0.25, 0.3) is 0 Å². The maximum absolute atomic E-state index is 12.1. The first-order valence-corrected chi connectivity index (χ1v) is 7.20. The average Bonchev–Trinajstić information content (AvgIpc) is 2.43. The molecule has 0 atom stereocenters. The number of carbonyl (C=O) groups is 2. The van der Waals surface area contributed by atoms with Gasteiger partial charge in [-0.15, -0.1) is 12.4 Å². The normalized spacial score (nSPS) is 9.82. The zero-order valence-electron chi connectivity index (χ0n) is 13.2. The fraction of sp³-hybridized carbons (Fsp3) is 0.467. The summed E-state index contributed by atoms with van der Waals surface area (Å²) in [6.07, 6.45) is 0. The van der Waals surface area contributed by atoms with E-state index in [1.165, 1.54) is 0 Å². The second kappa shape index (κ2) is 10.9. The molecule has 0 aliphatic rings. The monoisotopic (exact) mass is 328 g/mol. The zero-order chi connectivity index (χ0) is 15.7. The third-order valence-electron chi connectivity index (χ3n) is 2.68. The van der Waals surface area contributed by atoms with Gasteiger partial charge in [0.05, 0.1) is 11.3 Å². The number of carbonyl (C=O) groups excluding carboxylic acids is 2. The highest BCUT2D eigenvalue weighted by atomic mass is 35.5. The van der Waals surface area contributed by atoms with Gasteiger partial charge < -0.3 is 21.3 Å². The van der Waals surface area contributed by atoms with Gasteiger partial charge in [-0.05, 0) is 32.5 Å². The molecule has 124 valence electrons. The molecule has 0 aliphatic heterocycles. The molecule has 0 aromatic heterocycles. The van der Waals surface area contributed by atoms with Crippen LogP contribution in [0.1, 0.15) is 31.1 Å². The first kappa shape index (κ1) is 20.2. The lowest BCUT2D eigenvalue weighted by Gasteiger charge is -2.13. The van der Waals surface area contributed by atoms with Crippen LogP contribution in [-0.4, -0.2) is 37.6 Å². The van der Waals surface area contributed by atoms with Crippen molar-refractivity contribution in [3.05, 3.63) is 29.8 Å². The fourth-order valence-electron chi connectivity index (χ4n) is 1.75. The molecule has 0 saturated heterocycles. The van der Waals surface area contributed by atoms with Gasteiger partial charge in [-0.2, -0.15) is 0 Å². The third kappa shape index (κ3) is 7.28. The SMILES string of the molecule is CCNCCNC(=O)c1ccccc1NC(=O)NC(C)C.Cl. The summed E-state index contributed by atoms with van der Waals surface area (Å²) in [6, 6.07) is 6.65. The predicted octanol–water partition coefficient (Wildman–Crippen LogP) is 1.98. The minimum atomic E-state index is -0.321. The summed E-state index contributed by atoms with van der Waals surface area (Å²) >= 11 is 0. The Labute approximate surface area is 137 Å². The maximum atomic E-state index is 12.1. The van der Waals surface area contributed by atoms with Gasteiger partial charge >= 0.3 is 6.03 Å². The lowest BCUT2D eigenvalue weighted by molar-refractivity contribution is 0.0955. The smallest absolute Gasteiger partial charge is 0.319 e. The molecule has 0 radical (unpaired) electrons. The van der Waals surface area contributed by atoms with Crippen molar-refractivity contribution in [2.75, 3.05) is 25.0 Å². The molecular formula is C15H25ClN4O2. The van der Waals surface area contributed by atoms with Gasteiger partial charge in [0.15, 0.2) is 0 Å². The van der Waals surface area contributed by atoms with E-state index in [1.807, 2.05) is 20.8 Å². The van der Waals surface area contributed by atoms with Crippen molar-refractivity contribution in [2.24, 2.45) is 0 Å². The van der Waals surface area contributed by atoms with Crippen molar-refractivity contribution in [3.63, 3.8) is 0 Å². The minimum Gasteiger partial charge on any atom is -0.351 e. The van der Waals surface area contributed by atoms with E-state index in [-0.39, 0.29) is 30.4 Å². The minimum absolute atomic E-state index is 0. The molecule has 4 N–H and O–H groups in total. The van der Waals surface area contributed by atoms with Crippen molar-refractivity contribution in [1.29, 1.82) is 0 Å². The van der Waals surface area contributed by atoms with Gasteiger partial charge in [0.1, 0.15) is 0 Å². The van der Waals surface area contributed by atoms with Gasteiger partial charge in [-0.25, -0.2) is 4.79 Å². The third-order valence-corrected chi connectivity index (χ3v) is 2.68. The molecule has 6 nitrogen and oxygen atoms in total. The number of urea groups is 1. The summed E-state index contributed by atoms with van der Waals surface area (Å²) in [5, 5.41) is 11.4. The first-order valence-electron chi connectivity index (χ1n) is 7.20. The van der Waals surface area contributed by atoms with Crippen molar-refractivity contribution in [1.82, 2.24) is 16.0 Å². The first-order chi connectivity index (χ1) is 10.0. The molecule has 0 heterocycles. The number of hydrogen-bond acceptors (Lipinski definition) is 3. The van der Waals surface area contributed by atoms with Crippen LogP contribution in [0.2, 0.25) is 0 Å². The Kier molecular flexibility index (Phi) is 9.98. The number of rotatable bonds is 7. The molecule has 0 aliphatic carbocycles. The fourth-order valence-corrected chi connectivity index (χ4v) is 1.75. The second-order valence-electron chi connectivity index (χ2n) is 4.91. The predicted molar refractivity (Wildman–Crippen MR) is 91.9 cm³/mol. The molecule has 0 fully saturated rings.